The van der Waals surface area contributed by atoms with Gasteiger partial charge in [-0.25, -0.2) is 9.97 Å². The highest BCUT2D eigenvalue weighted by Crippen LogP contribution is 2.24. The summed E-state index contributed by atoms with van der Waals surface area (Å²) in [6, 6.07) is 8.14. The molecule has 0 aliphatic carbocycles. The van der Waals surface area contributed by atoms with Gasteiger partial charge in [0.1, 0.15) is 11.6 Å². The Morgan fingerprint density at radius 3 is 2.63 bits per heavy atom. The van der Waals surface area contributed by atoms with Gasteiger partial charge in [0.25, 0.3) is 0 Å². The zero-order valence-electron chi connectivity index (χ0n) is 15.9. The quantitative estimate of drug-likeness (QED) is 0.752. The van der Waals surface area contributed by atoms with Crippen LogP contribution in [0.5, 0.6) is 0 Å². The molecule has 0 radical (unpaired) electrons. The van der Waals surface area contributed by atoms with E-state index >= 15 is 0 Å². The molecule has 27 heavy (non-hydrogen) atoms. The van der Waals surface area contributed by atoms with Crippen molar-refractivity contribution in [2.24, 2.45) is 7.05 Å². The number of hydrogen-bond donors (Lipinski definition) is 1. The molecule has 1 N–H and O–H groups in total. The molecule has 7 heteroatoms. The van der Waals surface area contributed by atoms with Crippen molar-refractivity contribution in [1.82, 2.24) is 19.7 Å². The maximum absolute atomic E-state index is 11.9. The fourth-order valence-electron chi connectivity index (χ4n) is 3.33. The number of aryl methyl sites for hydroxylation is 1. The van der Waals surface area contributed by atoms with Gasteiger partial charge in [-0.2, -0.15) is 5.10 Å². The molecule has 2 aromatic heterocycles. The number of nitrogens with one attached hydrogen (secondary N) is 1. The van der Waals surface area contributed by atoms with Gasteiger partial charge in [-0.15, -0.1) is 0 Å². The molecule has 4 rings (SSSR count). The van der Waals surface area contributed by atoms with Gasteiger partial charge in [-0.3, -0.25) is 9.48 Å². The average molecular weight is 364 g/mol. The molecule has 1 aliphatic rings. The molecule has 140 valence electrons. The molecule has 7 nitrogen and oxygen atoms in total. The van der Waals surface area contributed by atoms with Crippen LogP contribution in [0.25, 0.3) is 11.0 Å². The summed E-state index contributed by atoms with van der Waals surface area (Å²) in [5.41, 5.74) is 2.94. The molecule has 1 aromatic carbocycles. The molecular formula is C20H24N6O. The number of aromatic nitrogens is 4. The van der Waals surface area contributed by atoms with E-state index in [0.717, 1.165) is 46.9 Å². The molecule has 1 amide bonds. The summed E-state index contributed by atoms with van der Waals surface area (Å²) in [7, 11) is 1.89. The number of anilines is 2. The Bertz CT molecular complexity index is 976. The predicted octanol–water partition coefficient (Wildman–Crippen LogP) is 3.23. The highest BCUT2D eigenvalue weighted by molar-refractivity contribution is 5.95. The van der Waals surface area contributed by atoms with Gasteiger partial charge in [0.2, 0.25) is 5.91 Å². The Labute approximate surface area is 158 Å². The van der Waals surface area contributed by atoms with Crippen molar-refractivity contribution in [2.75, 3.05) is 16.8 Å². The molecule has 1 saturated heterocycles. The van der Waals surface area contributed by atoms with Crippen molar-refractivity contribution in [2.45, 2.75) is 39.2 Å². The minimum Gasteiger partial charge on any atom is -0.365 e. The third kappa shape index (κ3) is 3.37. The van der Waals surface area contributed by atoms with Gasteiger partial charge < -0.3 is 10.2 Å². The van der Waals surface area contributed by atoms with E-state index in [1.807, 2.05) is 24.1 Å². The first-order valence-electron chi connectivity index (χ1n) is 9.36. The number of benzene rings is 1. The standard InChI is InChI=1S/C20H24N6O/c1-13(2)18-23-19(16-12-22-25(3)20(16)24-18)21-11-14-6-8-15(9-7-14)26-10-4-5-17(26)27/h6-9,12-13H,4-5,10-11H2,1-3H3,(H,21,23,24). The summed E-state index contributed by atoms with van der Waals surface area (Å²) in [5.74, 6) is 2.05. The fraction of sp³-hybridized carbons (Fsp3) is 0.400. The lowest BCUT2D eigenvalue weighted by Gasteiger charge is -2.16. The maximum Gasteiger partial charge on any atom is 0.227 e. The molecule has 3 heterocycles. The molecule has 0 bridgehead atoms. The van der Waals surface area contributed by atoms with Crippen LogP contribution >= 0.6 is 0 Å². The van der Waals surface area contributed by atoms with E-state index in [4.69, 9.17) is 4.98 Å². The second-order valence-corrected chi connectivity index (χ2v) is 7.26. The molecular weight excluding hydrogens is 340 g/mol. The Morgan fingerprint density at radius 2 is 1.96 bits per heavy atom. The lowest BCUT2D eigenvalue weighted by Crippen LogP contribution is -2.23. The number of carbonyl (C=O) groups excluding carboxylic acids is 1. The average Bonchev–Trinajstić information content (AvgIpc) is 3.26. The zero-order valence-corrected chi connectivity index (χ0v) is 15.9. The number of hydrogen-bond acceptors (Lipinski definition) is 5. The molecule has 0 spiro atoms. The van der Waals surface area contributed by atoms with Crippen LogP contribution in [0, 0.1) is 0 Å². The van der Waals surface area contributed by atoms with E-state index in [-0.39, 0.29) is 11.8 Å². The van der Waals surface area contributed by atoms with Gasteiger partial charge >= 0.3 is 0 Å². The lowest BCUT2D eigenvalue weighted by atomic mass is 10.2. The van der Waals surface area contributed by atoms with Gasteiger partial charge in [0.05, 0.1) is 11.6 Å². The molecule has 3 aromatic rings. The van der Waals surface area contributed by atoms with Crippen molar-refractivity contribution in [3.8, 4) is 0 Å². The van der Waals surface area contributed by atoms with Crippen molar-refractivity contribution in [3.63, 3.8) is 0 Å². The van der Waals surface area contributed by atoms with E-state index < -0.39 is 0 Å². The smallest absolute Gasteiger partial charge is 0.227 e. The zero-order chi connectivity index (χ0) is 19.0. The predicted molar refractivity (Wildman–Crippen MR) is 106 cm³/mol. The molecule has 0 saturated carbocycles. The van der Waals surface area contributed by atoms with Crippen LogP contribution in [0.2, 0.25) is 0 Å². The fourth-order valence-corrected chi connectivity index (χ4v) is 3.33. The van der Waals surface area contributed by atoms with Crippen LogP contribution < -0.4 is 10.2 Å². The maximum atomic E-state index is 11.9. The van der Waals surface area contributed by atoms with Crippen LogP contribution in [-0.2, 0) is 18.4 Å². The molecule has 0 atom stereocenters. The third-order valence-electron chi connectivity index (χ3n) is 4.91. The number of rotatable bonds is 5. The first kappa shape index (κ1) is 17.5. The van der Waals surface area contributed by atoms with Crippen LogP contribution in [0.1, 0.15) is 44.0 Å². The summed E-state index contributed by atoms with van der Waals surface area (Å²) < 4.78 is 1.77. The second-order valence-electron chi connectivity index (χ2n) is 7.26. The molecule has 0 unspecified atom stereocenters. The highest BCUT2D eigenvalue weighted by Gasteiger charge is 2.21. The first-order chi connectivity index (χ1) is 13.0. The van der Waals surface area contributed by atoms with Crippen molar-refractivity contribution >= 4 is 28.4 Å². The van der Waals surface area contributed by atoms with E-state index in [1.54, 1.807) is 10.9 Å². The molecule has 1 fully saturated rings. The van der Waals surface area contributed by atoms with Crippen LogP contribution in [0.4, 0.5) is 11.5 Å². The number of nitrogens with zero attached hydrogens (tertiary/aromatic N) is 5. The van der Waals surface area contributed by atoms with Gasteiger partial charge in [-0.05, 0) is 24.1 Å². The van der Waals surface area contributed by atoms with Crippen molar-refractivity contribution in [1.29, 1.82) is 0 Å². The van der Waals surface area contributed by atoms with E-state index in [2.05, 4.69) is 41.4 Å². The minimum atomic E-state index is 0.210. The minimum absolute atomic E-state index is 0.210. The Morgan fingerprint density at radius 1 is 1.19 bits per heavy atom. The number of fused-ring (bicyclic) bond motifs is 1. The third-order valence-corrected chi connectivity index (χ3v) is 4.91. The summed E-state index contributed by atoms with van der Waals surface area (Å²) in [6.45, 7) is 5.63. The molecule has 1 aliphatic heterocycles. The van der Waals surface area contributed by atoms with Crippen molar-refractivity contribution < 1.29 is 4.79 Å². The topological polar surface area (TPSA) is 75.9 Å². The summed E-state index contributed by atoms with van der Waals surface area (Å²) in [6.07, 6.45) is 3.38. The van der Waals surface area contributed by atoms with Crippen LogP contribution in [0.3, 0.4) is 0 Å². The summed E-state index contributed by atoms with van der Waals surface area (Å²) in [5, 5.41) is 8.65. The Kier molecular flexibility index (Phi) is 4.51. The van der Waals surface area contributed by atoms with Gasteiger partial charge in [0.15, 0.2) is 5.65 Å². The normalized spacial score (nSPS) is 14.5. The number of carbonyl (C=O) groups is 1. The van der Waals surface area contributed by atoms with Gasteiger partial charge in [-0.1, -0.05) is 26.0 Å². The Hall–Kier alpha value is -2.96. The van der Waals surface area contributed by atoms with Gasteiger partial charge in [0, 0.05) is 38.2 Å². The van der Waals surface area contributed by atoms with Crippen LogP contribution in [-0.4, -0.2) is 32.2 Å². The lowest BCUT2D eigenvalue weighted by molar-refractivity contribution is -0.117. The van der Waals surface area contributed by atoms with Crippen LogP contribution in [0.15, 0.2) is 30.5 Å². The monoisotopic (exact) mass is 364 g/mol. The highest BCUT2D eigenvalue weighted by atomic mass is 16.2. The second kappa shape index (κ2) is 6.98. The number of amides is 1. The van der Waals surface area contributed by atoms with E-state index in [0.29, 0.717) is 13.0 Å². The SMILES string of the molecule is CC(C)c1nc(NCc2ccc(N3CCCC3=O)cc2)c2cnn(C)c2n1. The van der Waals surface area contributed by atoms with E-state index in [9.17, 15) is 4.79 Å². The summed E-state index contributed by atoms with van der Waals surface area (Å²) in [4.78, 5) is 23.0. The summed E-state index contributed by atoms with van der Waals surface area (Å²) >= 11 is 0. The Balaban J connectivity index is 1.54. The van der Waals surface area contributed by atoms with Crippen molar-refractivity contribution in [3.05, 3.63) is 41.9 Å². The first-order valence-corrected chi connectivity index (χ1v) is 9.36. The van der Waals surface area contributed by atoms with E-state index in [1.165, 1.54) is 0 Å². The largest absolute Gasteiger partial charge is 0.365 e.